The number of rotatable bonds is 4. The van der Waals surface area contributed by atoms with Gasteiger partial charge >= 0.3 is 0 Å². The summed E-state index contributed by atoms with van der Waals surface area (Å²) in [6, 6.07) is 4.26. The third kappa shape index (κ3) is 2.15. The lowest BCUT2D eigenvalue weighted by atomic mass is 10.3. The van der Waals surface area contributed by atoms with E-state index in [0.717, 1.165) is 6.54 Å². The van der Waals surface area contributed by atoms with Crippen molar-refractivity contribution in [1.29, 1.82) is 0 Å². The largest absolute Gasteiger partial charge is 0.302 e. The molecule has 5 nitrogen and oxygen atoms in total. The molecule has 6 heteroatoms. The Morgan fingerprint density at radius 1 is 1.64 bits per heavy atom. The minimum Gasteiger partial charge on any atom is -0.302 e. The molecule has 0 spiro atoms. The van der Waals surface area contributed by atoms with Gasteiger partial charge in [-0.3, -0.25) is 0 Å². The molecule has 0 aromatic carbocycles. The highest BCUT2D eigenvalue weighted by atomic mass is 32.1. The summed E-state index contributed by atoms with van der Waals surface area (Å²) in [5.74, 6) is 0.696. The van der Waals surface area contributed by atoms with Gasteiger partial charge in [-0.25, -0.2) is 0 Å². The Hall–Kier alpha value is -1.27. The van der Waals surface area contributed by atoms with Crippen LogP contribution in [0.4, 0.5) is 0 Å². The van der Waals surface area contributed by atoms with E-state index in [9.17, 15) is 0 Å². The van der Waals surface area contributed by atoms with Crippen LogP contribution in [0.25, 0.3) is 0 Å². The maximum atomic E-state index is 3.91. The lowest BCUT2D eigenvalue weighted by Crippen LogP contribution is -2.18. The molecule has 0 fully saturated rings. The van der Waals surface area contributed by atoms with Gasteiger partial charge in [0.1, 0.15) is 0 Å². The zero-order chi connectivity index (χ0) is 9.80. The number of aromatic nitrogens is 4. The molecule has 0 saturated heterocycles. The van der Waals surface area contributed by atoms with Gasteiger partial charge in [-0.15, -0.1) is 21.5 Å². The van der Waals surface area contributed by atoms with Crippen molar-refractivity contribution in [3.05, 3.63) is 28.2 Å². The van der Waals surface area contributed by atoms with Crippen LogP contribution in [-0.2, 0) is 6.54 Å². The summed E-state index contributed by atoms with van der Waals surface area (Å²) in [5.41, 5.74) is 0. The van der Waals surface area contributed by atoms with Gasteiger partial charge in [-0.1, -0.05) is 11.3 Å². The standard InChI is InChI=1S/C8H11N5S/c1-6(8-10-12-13-11-8)9-5-7-3-2-4-14-7/h2-4,6,9H,5H2,1H3,(H,10,11,12,13). The van der Waals surface area contributed by atoms with Crippen LogP contribution in [0.3, 0.4) is 0 Å². The van der Waals surface area contributed by atoms with Crippen molar-refractivity contribution < 1.29 is 0 Å². The van der Waals surface area contributed by atoms with Gasteiger partial charge in [0.25, 0.3) is 0 Å². The van der Waals surface area contributed by atoms with E-state index in [2.05, 4.69) is 37.4 Å². The molecule has 0 aliphatic carbocycles. The summed E-state index contributed by atoms with van der Waals surface area (Å²) in [4.78, 5) is 1.31. The van der Waals surface area contributed by atoms with Crippen LogP contribution in [0.1, 0.15) is 23.7 Å². The number of hydrogen-bond donors (Lipinski definition) is 2. The number of tetrazole rings is 1. The van der Waals surface area contributed by atoms with Gasteiger partial charge < -0.3 is 5.32 Å². The average Bonchev–Trinajstić information content (AvgIpc) is 2.87. The molecule has 0 bridgehead atoms. The summed E-state index contributed by atoms with van der Waals surface area (Å²) in [6.45, 7) is 2.85. The normalized spacial score (nSPS) is 12.9. The first-order valence-electron chi connectivity index (χ1n) is 4.35. The fourth-order valence-electron chi connectivity index (χ4n) is 1.11. The fourth-order valence-corrected chi connectivity index (χ4v) is 1.77. The lowest BCUT2D eigenvalue weighted by molar-refractivity contribution is 0.550. The molecular weight excluding hydrogens is 198 g/mol. The third-order valence-corrected chi connectivity index (χ3v) is 2.79. The van der Waals surface area contributed by atoms with E-state index in [-0.39, 0.29) is 6.04 Å². The van der Waals surface area contributed by atoms with Gasteiger partial charge in [0.2, 0.25) is 0 Å². The number of hydrogen-bond acceptors (Lipinski definition) is 5. The quantitative estimate of drug-likeness (QED) is 0.791. The molecule has 2 rings (SSSR count). The van der Waals surface area contributed by atoms with Gasteiger partial charge in [-0.05, 0) is 18.4 Å². The molecule has 0 radical (unpaired) electrons. The van der Waals surface area contributed by atoms with Crippen LogP contribution in [0.15, 0.2) is 17.5 Å². The Labute approximate surface area is 85.5 Å². The van der Waals surface area contributed by atoms with Crippen molar-refractivity contribution in [1.82, 2.24) is 25.9 Å². The predicted octanol–water partition coefficient (Wildman–Crippen LogP) is 1.11. The number of thiophene rings is 1. The van der Waals surface area contributed by atoms with Crippen molar-refractivity contribution in [2.75, 3.05) is 0 Å². The van der Waals surface area contributed by atoms with Crippen molar-refractivity contribution in [2.24, 2.45) is 0 Å². The second-order valence-corrected chi connectivity index (χ2v) is 3.98. The highest BCUT2D eigenvalue weighted by molar-refractivity contribution is 7.09. The number of aromatic amines is 1. The van der Waals surface area contributed by atoms with Crippen LogP contribution in [0.2, 0.25) is 0 Å². The SMILES string of the molecule is CC(NCc1cccs1)c1nn[nH]n1. The first kappa shape index (κ1) is 9.29. The molecule has 1 unspecified atom stereocenters. The molecule has 14 heavy (non-hydrogen) atoms. The topological polar surface area (TPSA) is 66.5 Å². The summed E-state index contributed by atoms with van der Waals surface area (Å²) in [6.07, 6.45) is 0. The van der Waals surface area contributed by atoms with Gasteiger partial charge in [-0.2, -0.15) is 5.21 Å². The average molecular weight is 209 g/mol. The number of nitrogens with one attached hydrogen (secondary N) is 2. The van der Waals surface area contributed by atoms with E-state index in [0.29, 0.717) is 5.82 Å². The Morgan fingerprint density at radius 3 is 3.21 bits per heavy atom. The first-order chi connectivity index (χ1) is 6.86. The molecule has 0 saturated carbocycles. The highest BCUT2D eigenvalue weighted by Gasteiger charge is 2.08. The Bertz CT molecular complexity index is 355. The van der Waals surface area contributed by atoms with Gasteiger partial charge in [0.15, 0.2) is 5.82 Å². The van der Waals surface area contributed by atoms with Crippen molar-refractivity contribution in [3.63, 3.8) is 0 Å². The van der Waals surface area contributed by atoms with E-state index < -0.39 is 0 Å². The molecule has 0 aliphatic rings. The molecule has 2 aromatic rings. The minimum atomic E-state index is 0.121. The van der Waals surface area contributed by atoms with Crippen molar-refractivity contribution in [2.45, 2.75) is 19.5 Å². The Balaban J connectivity index is 1.87. The zero-order valence-electron chi connectivity index (χ0n) is 7.77. The van der Waals surface area contributed by atoms with Crippen LogP contribution in [0, 0.1) is 0 Å². The monoisotopic (exact) mass is 209 g/mol. The molecule has 2 N–H and O–H groups in total. The molecule has 2 heterocycles. The molecule has 1 atom stereocenters. The summed E-state index contributed by atoms with van der Waals surface area (Å²) < 4.78 is 0. The first-order valence-corrected chi connectivity index (χ1v) is 5.23. The van der Waals surface area contributed by atoms with Crippen molar-refractivity contribution in [3.8, 4) is 0 Å². The lowest BCUT2D eigenvalue weighted by Gasteiger charge is -2.07. The summed E-state index contributed by atoms with van der Waals surface area (Å²) in [5, 5.41) is 19.1. The summed E-state index contributed by atoms with van der Waals surface area (Å²) in [7, 11) is 0. The van der Waals surface area contributed by atoms with Crippen LogP contribution < -0.4 is 5.32 Å². The third-order valence-electron chi connectivity index (χ3n) is 1.91. The smallest absolute Gasteiger partial charge is 0.191 e. The molecule has 0 amide bonds. The Morgan fingerprint density at radius 2 is 2.57 bits per heavy atom. The van der Waals surface area contributed by atoms with E-state index >= 15 is 0 Å². The minimum absolute atomic E-state index is 0.121. The van der Waals surface area contributed by atoms with Gasteiger partial charge in [0, 0.05) is 11.4 Å². The van der Waals surface area contributed by atoms with Crippen LogP contribution in [0.5, 0.6) is 0 Å². The van der Waals surface area contributed by atoms with E-state index in [1.54, 1.807) is 11.3 Å². The predicted molar refractivity (Wildman–Crippen MR) is 53.8 cm³/mol. The highest BCUT2D eigenvalue weighted by Crippen LogP contribution is 2.10. The summed E-state index contributed by atoms with van der Waals surface area (Å²) >= 11 is 1.74. The molecule has 74 valence electrons. The van der Waals surface area contributed by atoms with Gasteiger partial charge in [0.05, 0.1) is 6.04 Å². The van der Waals surface area contributed by atoms with E-state index in [1.165, 1.54) is 4.88 Å². The van der Waals surface area contributed by atoms with Crippen LogP contribution in [-0.4, -0.2) is 20.6 Å². The molecule has 2 aromatic heterocycles. The van der Waals surface area contributed by atoms with E-state index in [1.807, 2.05) is 13.0 Å². The van der Waals surface area contributed by atoms with Crippen LogP contribution >= 0.6 is 11.3 Å². The Kier molecular flexibility index (Phi) is 2.85. The molecular formula is C8H11N5S. The number of nitrogens with zero attached hydrogens (tertiary/aromatic N) is 3. The maximum Gasteiger partial charge on any atom is 0.191 e. The zero-order valence-corrected chi connectivity index (χ0v) is 8.58. The fraction of sp³-hybridized carbons (Fsp3) is 0.375. The van der Waals surface area contributed by atoms with Crippen molar-refractivity contribution >= 4 is 11.3 Å². The molecule has 0 aliphatic heterocycles. The second kappa shape index (κ2) is 4.30. The maximum absolute atomic E-state index is 3.91. The second-order valence-electron chi connectivity index (χ2n) is 2.95. The van der Waals surface area contributed by atoms with E-state index in [4.69, 9.17) is 0 Å². The number of H-pyrrole nitrogens is 1.